The van der Waals surface area contributed by atoms with Crippen LogP contribution in [0.25, 0.3) is 0 Å². The molecule has 1 amide bonds. The molecular weight excluding hydrogens is 488 g/mol. The molecule has 1 aromatic rings. The van der Waals surface area contributed by atoms with E-state index in [0.717, 1.165) is 32.2 Å². The molecule has 1 fully saturated rings. The molecule has 0 atom stereocenters. The third kappa shape index (κ3) is 9.47. The summed E-state index contributed by atoms with van der Waals surface area (Å²) >= 11 is 0. The van der Waals surface area contributed by atoms with Crippen molar-refractivity contribution >= 4 is 35.8 Å². The molecule has 1 aliphatic heterocycles. The predicted octanol–water partition coefficient (Wildman–Crippen LogP) is 3.40. The smallest absolute Gasteiger partial charge is 0.406 e. The Morgan fingerprint density at radius 3 is 2.61 bits per heavy atom. The average molecular weight is 514 g/mol. The molecule has 0 bridgehead atoms. The summed E-state index contributed by atoms with van der Waals surface area (Å²) in [5.74, 6) is 0.198. The molecule has 1 heterocycles. The van der Waals surface area contributed by atoms with Crippen molar-refractivity contribution in [3.63, 3.8) is 0 Å². The minimum atomic E-state index is -4.70. The van der Waals surface area contributed by atoms with Crippen LogP contribution in [0, 0.1) is 0 Å². The van der Waals surface area contributed by atoms with E-state index in [1.807, 2.05) is 4.90 Å². The zero-order valence-corrected chi connectivity index (χ0v) is 17.8. The van der Waals surface area contributed by atoms with Gasteiger partial charge in [0.05, 0.1) is 6.54 Å². The molecule has 6 nitrogen and oxygen atoms in total. The number of benzene rings is 1. The Balaban J connectivity index is 0.00000392. The van der Waals surface area contributed by atoms with Crippen molar-refractivity contribution in [2.24, 2.45) is 10.7 Å². The summed E-state index contributed by atoms with van der Waals surface area (Å²) in [7, 11) is 0. The van der Waals surface area contributed by atoms with Gasteiger partial charge in [0.2, 0.25) is 5.91 Å². The molecule has 0 aliphatic carbocycles. The maximum absolute atomic E-state index is 12.1. The van der Waals surface area contributed by atoms with Crippen LogP contribution < -0.4 is 15.8 Å². The highest BCUT2D eigenvalue weighted by molar-refractivity contribution is 14.0. The van der Waals surface area contributed by atoms with Crippen LogP contribution in [0.1, 0.15) is 37.7 Å². The van der Waals surface area contributed by atoms with Crippen LogP contribution in [0.3, 0.4) is 0 Å². The van der Waals surface area contributed by atoms with Gasteiger partial charge in [0.25, 0.3) is 0 Å². The standard InChI is InChI=1S/C18H25F3N4O2.HI/c19-18(20,21)27-15-8-6-14(7-9-15)13-24-17(22)23-10-4-12-25-11-3-1-2-5-16(25)26;/h6-9H,1-5,10-13H2,(H3,22,23,24);1H. The van der Waals surface area contributed by atoms with Crippen molar-refractivity contribution in [2.75, 3.05) is 19.6 Å². The highest BCUT2D eigenvalue weighted by Gasteiger charge is 2.30. The van der Waals surface area contributed by atoms with Crippen molar-refractivity contribution in [3.05, 3.63) is 29.8 Å². The van der Waals surface area contributed by atoms with Crippen LogP contribution in [0.2, 0.25) is 0 Å². The number of alkyl halides is 3. The number of nitrogens with one attached hydrogen (secondary N) is 1. The number of hydrogen-bond donors (Lipinski definition) is 2. The summed E-state index contributed by atoms with van der Waals surface area (Å²) in [6.45, 7) is 2.35. The Labute approximate surface area is 179 Å². The zero-order valence-electron chi connectivity index (χ0n) is 15.5. The second-order valence-electron chi connectivity index (χ2n) is 6.36. The predicted molar refractivity (Wildman–Crippen MR) is 112 cm³/mol. The number of ether oxygens (including phenoxy) is 1. The van der Waals surface area contributed by atoms with E-state index in [1.54, 1.807) is 0 Å². The number of hydrogen-bond acceptors (Lipinski definition) is 3. The summed E-state index contributed by atoms with van der Waals surface area (Å²) < 4.78 is 40.2. The molecule has 0 spiro atoms. The van der Waals surface area contributed by atoms with Crippen molar-refractivity contribution in [3.8, 4) is 5.75 Å². The number of halogens is 4. The Kier molecular flexibility index (Phi) is 10.4. The summed E-state index contributed by atoms with van der Waals surface area (Å²) in [6.07, 6.45) is -0.184. The quantitative estimate of drug-likeness (QED) is 0.253. The number of carbonyl (C=O) groups is 1. The molecule has 28 heavy (non-hydrogen) atoms. The molecule has 2 rings (SSSR count). The first-order valence-corrected chi connectivity index (χ1v) is 9.00. The van der Waals surface area contributed by atoms with Crippen LogP contribution in [0.4, 0.5) is 13.2 Å². The maximum atomic E-state index is 12.1. The molecule has 0 aromatic heterocycles. The number of carbonyl (C=O) groups excluding carboxylic acids is 1. The van der Waals surface area contributed by atoms with E-state index in [1.165, 1.54) is 24.3 Å². The fourth-order valence-corrected chi connectivity index (χ4v) is 2.79. The Morgan fingerprint density at radius 1 is 1.21 bits per heavy atom. The Morgan fingerprint density at radius 2 is 1.93 bits per heavy atom. The number of rotatable bonds is 7. The molecule has 10 heteroatoms. The van der Waals surface area contributed by atoms with E-state index in [-0.39, 0.29) is 48.1 Å². The van der Waals surface area contributed by atoms with Crippen molar-refractivity contribution in [1.82, 2.24) is 10.2 Å². The number of likely N-dealkylation sites (tertiary alicyclic amines) is 1. The Bertz CT molecular complexity index is 639. The Hall–Kier alpha value is -1.72. The van der Waals surface area contributed by atoms with E-state index in [2.05, 4.69) is 15.0 Å². The third-order valence-electron chi connectivity index (χ3n) is 4.17. The second kappa shape index (κ2) is 12.0. The number of aliphatic imine (C=N–C) groups is 1. The molecule has 0 radical (unpaired) electrons. The summed E-state index contributed by atoms with van der Waals surface area (Å²) in [5, 5.41) is 2.98. The van der Waals surface area contributed by atoms with Gasteiger partial charge < -0.3 is 20.7 Å². The van der Waals surface area contributed by atoms with Gasteiger partial charge in [-0.05, 0) is 37.0 Å². The molecule has 1 aromatic carbocycles. The molecular formula is C18H26F3IN4O2. The fourth-order valence-electron chi connectivity index (χ4n) is 2.79. The van der Waals surface area contributed by atoms with Crippen LogP contribution >= 0.6 is 24.0 Å². The van der Waals surface area contributed by atoms with Crippen molar-refractivity contribution in [1.29, 1.82) is 0 Å². The van der Waals surface area contributed by atoms with E-state index in [9.17, 15) is 18.0 Å². The van der Waals surface area contributed by atoms with E-state index >= 15 is 0 Å². The first-order chi connectivity index (χ1) is 12.8. The third-order valence-corrected chi connectivity index (χ3v) is 4.17. The maximum Gasteiger partial charge on any atom is 0.573 e. The first kappa shape index (κ1) is 24.3. The van der Waals surface area contributed by atoms with Gasteiger partial charge in [-0.2, -0.15) is 0 Å². The van der Waals surface area contributed by atoms with Crippen molar-refractivity contribution < 1.29 is 22.7 Å². The number of nitrogens with two attached hydrogens (primary N) is 1. The molecule has 158 valence electrons. The van der Waals surface area contributed by atoms with Crippen LogP contribution in [-0.2, 0) is 11.3 Å². The summed E-state index contributed by atoms with van der Waals surface area (Å²) in [5.41, 5.74) is 6.50. The largest absolute Gasteiger partial charge is 0.573 e. The van der Waals surface area contributed by atoms with Gasteiger partial charge in [-0.15, -0.1) is 37.1 Å². The van der Waals surface area contributed by atoms with Gasteiger partial charge in [-0.25, -0.2) is 4.99 Å². The monoisotopic (exact) mass is 514 g/mol. The van der Waals surface area contributed by atoms with Gasteiger partial charge >= 0.3 is 6.36 Å². The fraction of sp³-hybridized carbons (Fsp3) is 0.556. The lowest BCUT2D eigenvalue weighted by Crippen LogP contribution is -2.36. The highest BCUT2D eigenvalue weighted by Crippen LogP contribution is 2.22. The van der Waals surface area contributed by atoms with Gasteiger partial charge in [-0.3, -0.25) is 4.79 Å². The minimum absolute atomic E-state index is 0. The summed E-state index contributed by atoms with van der Waals surface area (Å²) in [6, 6.07) is 5.48. The minimum Gasteiger partial charge on any atom is -0.406 e. The normalized spacial score (nSPS) is 15.6. The summed E-state index contributed by atoms with van der Waals surface area (Å²) in [4.78, 5) is 17.9. The van der Waals surface area contributed by atoms with Gasteiger partial charge in [0, 0.05) is 26.1 Å². The molecule has 0 unspecified atom stereocenters. The molecule has 3 N–H and O–H groups in total. The average Bonchev–Trinajstić information content (AvgIpc) is 2.81. The lowest BCUT2D eigenvalue weighted by atomic mass is 10.2. The van der Waals surface area contributed by atoms with E-state index in [0.29, 0.717) is 25.1 Å². The highest BCUT2D eigenvalue weighted by atomic mass is 127. The zero-order chi connectivity index (χ0) is 19.7. The lowest BCUT2D eigenvalue weighted by molar-refractivity contribution is -0.274. The SMILES string of the molecule is I.NC(=NCc1ccc(OC(F)(F)F)cc1)NCCCN1CCCCCC1=O. The van der Waals surface area contributed by atoms with Crippen LogP contribution in [0.5, 0.6) is 5.75 Å². The molecule has 1 aliphatic rings. The topological polar surface area (TPSA) is 80.0 Å². The van der Waals surface area contributed by atoms with Gasteiger partial charge in [-0.1, -0.05) is 18.6 Å². The number of amides is 1. The lowest BCUT2D eigenvalue weighted by Gasteiger charge is -2.20. The van der Waals surface area contributed by atoms with Gasteiger partial charge in [0.15, 0.2) is 5.96 Å². The number of nitrogens with zero attached hydrogens (tertiary/aromatic N) is 2. The van der Waals surface area contributed by atoms with Gasteiger partial charge in [0.1, 0.15) is 5.75 Å². The van der Waals surface area contributed by atoms with Crippen LogP contribution in [0.15, 0.2) is 29.3 Å². The molecule has 0 saturated carbocycles. The van der Waals surface area contributed by atoms with E-state index in [4.69, 9.17) is 5.73 Å². The second-order valence-corrected chi connectivity index (χ2v) is 6.36. The van der Waals surface area contributed by atoms with Crippen molar-refractivity contribution in [2.45, 2.75) is 45.0 Å². The number of guanidine groups is 1. The van der Waals surface area contributed by atoms with E-state index < -0.39 is 6.36 Å². The first-order valence-electron chi connectivity index (χ1n) is 9.00. The van der Waals surface area contributed by atoms with Crippen LogP contribution in [-0.4, -0.2) is 42.8 Å². The molecule has 1 saturated heterocycles.